The minimum absolute atomic E-state index is 0.000252. The van der Waals surface area contributed by atoms with Gasteiger partial charge in [0.05, 0.1) is 0 Å². The highest BCUT2D eigenvalue weighted by atomic mass is 19.1. The standard InChI is InChI=1S/C11H15FN2/c1-4-11(2,3)8-14-9-5-6-13-10(12)7-9/h4-7H,1,8H2,2-3H3,(H,13,14). The van der Waals surface area contributed by atoms with Crippen molar-refractivity contribution in [2.24, 2.45) is 5.41 Å². The Morgan fingerprint density at radius 2 is 2.36 bits per heavy atom. The normalized spacial score (nSPS) is 11.1. The lowest BCUT2D eigenvalue weighted by atomic mass is 9.94. The van der Waals surface area contributed by atoms with E-state index in [1.54, 1.807) is 6.07 Å². The lowest BCUT2D eigenvalue weighted by Crippen LogP contribution is -2.20. The molecule has 0 saturated heterocycles. The monoisotopic (exact) mass is 194 g/mol. The SMILES string of the molecule is C=CC(C)(C)CNc1ccnc(F)c1. The lowest BCUT2D eigenvalue weighted by molar-refractivity contribution is 0.513. The van der Waals surface area contributed by atoms with Crippen molar-refractivity contribution in [1.82, 2.24) is 4.98 Å². The van der Waals surface area contributed by atoms with Gasteiger partial charge in [0.15, 0.2) is 0 Å². The van der Waals surface area contributed by atoms with Crippen LogP contribution >= 0.6 is 0 Å². The number of halogens is 1. The van der Waals surface area contributed by atoms with Crippen LogP contribution in [0.15, 0.2) is 31.0 Å². The molecule has 0 aliphatic carbocycles. The van der Waals surface area contributed by atoms with Crippen molar-refractivity contribution in [2.75, 3.05) is 11.9 Å². The molecule has 3 heteroatoms. The first-order chi connectivity index (χ1) is 6.53. The Labute approximate surface area is 83.9 Å². The molecule has 0 radical (unpaired) electrons. The van der Waals surface area contributed by atoms with Crippen LogP contribution in [0.5, 0.6) is 0 Å². The van der Waals surface area contributed by atoms with Gasteiger partial charge in [0.2, 0.25) is 5.95 Å². The molecule has 0 aromatic carbocycles. The van der Waals surface area contributed by atoms with Crippen molar-refractivity contribution in [2.45, 2.75) is 13.8 Å². The molecule has 76 valence electrons. The summed E-state index contributed by atoms with van der Waals surface area (Å²) in [4.78, 5) is 3.48. The minimum Gasteiger partial charge on any atom is -0.384 e. The van der Waals surface area contributed by atoms with E-state index in [0.717, 1.165) is 12.2 Å². The molecule has 2 nitrogen and oxygen atoms in total. The minimum atomic E-state index is -0.466. The zero-order valence-corrected chi connectivity index (χ0v) is 8.55. The lowest BCUT2D eigenvalue weighted by Gasteiger charge is -2.20. The fraction of sp³-hybridized carbons (Fsp3) is 0.364. The van der Waals surface area contributed by atoms with Crippen LogP contribution in [0.2, 0.25) is 0 Å². The molecule has 1 heterocycles. The van der Waals surface area contributed by atoms with Gasteiger partial charge in [0.25, 0.3) is 0 Å². The van der Waals surface area contributed by atoms with E-state index in [1.165, 1.54) is 12.3 Å². The average molecular weight is 194 g/mol. The van der Waals surface area contributed by atoms with E-state index in [0.29, 0.717) is 0 Å². The van der Waals surface area contributed by atoms with Crippen molar-refractivity contribution >= 4 is 5.69 Å². The number of nitrogens with zero attached hydrogens (tertiary/aromatic N) is 1. The Morgan fingerprint density at radius 1 is 1.64 bits per heavy atom. The van der Waals surface area contributed by atoms with E-state index in [2.05, 4.69) is 30.7 Å². The maximum absolute atomic E-state index is 12.7. The second kappa shape index (κ2) is 4.22. The number of anilines is 1. The van der Waals surface area contributed by atoms with Crippen LogP contribution in [-0.2, 0) is 0 Å². The molecule has 0 saturated carbocycles. The van der Waals surface area contributed by atoms with Gasteiger partial charge in [0, 0.05) is 24.5 Å². The summed E-state index contributed by atoms with van der Waals surface area (Å²) in [6.45, 7) is 8.58. The Balaban J connectivity index is 2.58. The first-order valence-electron chi connectivity index (χ1n) is 4.52. The van der Waals surface area contributed by atoms with Crippen molar-refractivity contribution < 1.29 is 4.39 Å². The average Bonchev–Trinajstić information content (AvgIpc) is 2.15. The predicted molar refractivity (Wildman–Crippen MR) is 56.7 cm³/mol. The number of nitrogens with one attached hydrogen (secondary N) is 1. The first kappa shape index (κ1) is 10.7. The molecule has 0 unspecified atom stereocenters. The molecular formula is C11H15FN2. The summed E-state index contributed by atoms with van der Waals surface area (Å²) in [7, 11) is 0. The third-order valence-electron chi connectivity index (χ3n) is 2.03. The quantitative estimate of drug-likeness (QED) is 0.589. The molecule has 0 bridgehead atoms. The van der Waals surface area contributed by atoms with E-state index in [1.807, 2.05) is 6.08 Å². The molecule has 1 N–H and O–H groups in total. The number of hydrogen-bond donors (Lipinski definition) is 1. The van der Waals surface area contributed by atoms with E-state index in [4.69, 9.17) is 0 Å². The van der Waals surface area contributed by atoms with Gasteiger partial charge in [-0.3, -0.25) is 0 Å². The van der Waals surface area contributed by atoms with Crippen LogP contribution in [0, 0.1) is 11.4 Å². The predicted octanol–water partition coefficient (Wildman–Crippen LogP) is 2.84. The number of rotatable bonds is 4. The fourth-order valence-electron chi connectivity index (χ4n) is 0.914. The number of hydrogen-bond acceptors (Lipinski definition) is 2. The maximum Gasteiger partial charge on any atom is 0.214 e. The highest BCUT2D eigenvalue weighted by molar-refractivity contribution is 5.41. The van der Waals surface area contributed by atoms with Crippen LogP contribution in [-0.4, -0.2) is 11.5 Å². The summed E-state index contributed by atoms with van der Waals surface area (Å²) < 4.78 is 12.7. The van der Waals surface area contributed by atoms with Gasteiger partial charge in [0.1, 0.15) is 0 Å². The second-order valence-electron chi connectivity index (χ2n) is 3.91. The van der Waals surface area contributed by atoms with Crippen molar-refractivity contribution in [3.63, 3.8) is 0 Å². The number of aromatic nitrogens is 1. The maximum atomic E-state index is 12.7. The first-order valence-corrected chi connectivity index (χ1v) is 4.52. The zero-order chi connectivity index (χ0) is 10.6. The third kappa shape index (κ3) is 3.17. The Hall–Kier alpha value is -1.38. The smallest absolute Gasteiger partial charge is 0.214 e. The van der Waals surface area contributed by atoms with Crippen molar-refractivity contribution in [3.05, 3.63) is 36.9 Å². The molecule has 0 atom stereocenters. The molecule has 0 fully saturated rings. The number of pyridine rings is 1. The highest BCUT2D eigenvalue weighted by Crippen LogP contribution is 2.17. The topological polar surface area (TPSA) is 24.9 Å². The van der Waals surface area contributed by atoms with Gasteiger partial charge >= 0.3 is 0 Å². The molecule has 14 heavy (non-hydrogen) atoms. The van der Waals surface area contributed by atoms with Crippen LogP contribution in [0.1, 0.15) is 13.8 Å². The van der Waals surface area contributed by atoms with Gasteiger partial charge in [-0.2, -0.15) is 4.39 Å². The fourth-order valence-corrected chi connectivity index (χ4v) is 0.914. The largest absolute Gasteiger partial charge is 0.384 e. The van der Waals surface area contributed by atoms with E-state index in [-0.39, 0.29) is 5.41 Å². The summed E-state index contributed by atoms with van der Waals surface area (Å²) in [5.41, 5.74) is 0.743. The van der Waals surface area contributed by atoms with Crippen LogP contribution in [0.25, 0.3) is 0 Å². The molecule has 1 aromatic rings. The summed E-state index contributed by atoms with van der Waals surface area (Å²) in [6.07, 6.45) is 3.32. The van der Waals surface area contributed by atoms with Gasteiger partial charge in [-0.25, -0.2) is 4.98 Å². The van der Waals surface area contributed by atoms with Crippen LogP contribution in [0.4, 0.5) is 10.1 Å². The Bertz CT molecular complexity index is 321. The molecule has 1 rings (SSSR count). The third-order valence-corrected chi connectivity index (χ3v) is 2.03. The molecule has 0 aliphatic rings. The van der Waals surface area contributed by atoms with Gasteiger partial charge in [-0.15, -0.1) is 6.58 Å². The van der Waals surface area contributed by atoms with Crippen molar-refractivity contribution in [1.29, 1.82) is 0 Å². The van der Waals surface area contributed by atoms with Gasteiger partial charge in [-0.05, 0) is 11.5 Å². The van der Waals surface area contributed by atoms with Gasteiger partial charge < -0.3 is 5.32 Å². The molecule has 1 aromatic heterocycles. The van der Waals surface area contributed by atoms with E-state index < -0.39 is 5.95 Å². The van der Waals surface area contributed by atoms with E-state index >= 15 is 0 Å². The molecular weight excluding hydrogens is 179 g/mol. The van der Waals surface area contributed by atoms with Crippen LogP contribution in [0.3, 0.4) is 0 Å². The molecule has 0 spiro atoms. The summed E-state index contributed by atoms with van der Waals surface area (Å²) >= 11 is 0. The van der Waals surface area contributed by atoms with Gasteiger partial charge in [-0.1, -0.05) is 19.9 Å². The van der Waals surface area contributed by atoms with Crippen LogP contribution < -0.4 is 5.32 Å². The molecule has 0 aliphatic heterocycles. The second-order valence-corrected chi connectivity index (χ2v) is 3.91. The van der Waals surface area contributed by atoms with E-state index in [9.17, 15) is 4.39 Å². The zero-order valence-electron chi connectivity index (χ0n) is 8.55. The summed E-state index contributed by atoms with van der Waals surface area (Å²) in [6, 6.07) is 3.11. The van der Waals surface area contributed by atoms with Crippen molar-refractivity contribution in [3.8, 4) is 0 Å². The highest BCUT2D eigenvalue weighted by Gasteiger charge is 2.11. The Morgan fingerprint density at radius 3 is 2.93 bits per heavy atom. The Kier molecular flexibility index (Phi) is 3.23. The summed E-state index contributed by atoms with van der Waals surface area (Å²) in [5, 5.41) is 3.13. The molecule has 0 amide bonds. The summed E-state index contributed by atoms with van der Waals surface area (Å²) in [5.74, 6) is -0.466.